The fourth-order valence-electron chi connectivity index (χ4n) is 2.40. The van der Waals surface area contributed by atoms with Crippen LogP contribution in [-0.2, 0) is 0 Å². The Morgan fingerprint density at radius 1 is 1.11 bits per heavy atom. The van der Waals surface area contributed by atoms with Crippen LogP contribution in [0.2, 0.25) is 0 Å². The predicted octanol–water partition coefficient (Wildman–Crippen LogP) is 3.68. The summed E-state index contributed by atoms with van der Waals surface area (Å²) in [6.07, 6.45) is 3.15. The summed E-state index contributed by atoms with van der Waals surface area (Å²) in [6, 6.07) is 3.68. The number of aromatic carboxylic acids is 1. The van der Waals surface area contributed by atoms with Gasteiger partial charge in [-0.3, -0.25) is 4.98 Å². The minimum Gasteiger partial charge on any atom is -0.478 e. The Balaban J connectivity index is 2.83. The number of benzene rings is 1. The molecule has 0 aliphatic heterocycles. The lowest BCUT2D eigenvalue weighted by atomic mass is 9.88. The van der Waals surface area contributed by atoms with Gasteiger partial charge in [0.25, 0.3) is 0 Å². The van der Waals surface area contributed by atoms with E-state index in [1.54, 1.807) is 12.3 Å². The van der Waals surface area contributed by atoms with Crippen LogP contribution < -0.4 is 0 Å². The van der Waals surface area contributed by atoms with Crippen LogP contribution in [-0.4, -0.2) is 16.1 Å². The van der Waals surface area contributed by atoms with Crippen LogP contribution in [0.4, 0.5) is 0 Å². The van der Waals surface area contributed by atoms with E-state index in [4.69, 9.17) is 0 Å². The van der Waals surface area contributed by atoms with Gasteiger partial charge in [0.15, 0.2) is 0 Å². The molecule has 1 aromatic carbocycles. The molecule has 2 rings (SSSR count). The van der Waals surface area contributed by atoms with Gasteiger partial charge in [0.1, 0.15) is 0 Å². The molecule has 19 heavy (non-hydrogen) atoms. The first-order valence-corrected chi connectivity index (χ1v) is 6.18. The Morgan fingerprint density at radius 2 is 1.68 bits per heavy atom. The number of carboxylic acids is 1. The number of rotatable bonds is 2. The zero-order valence-electron chi connectivity index (χ0n) is 11.6. The van der Waals surface area contributed by atoms with Gasteiger partial charge in [-0.15, -0.1) is 0 Å². The fourth-order valence-corrected chi connectivity index (χ4v) is 2.40. The molecule has 0 saturated heterocycles. The summed E-state index contributed by atoms with van der Waals surface area (Å²) in [5.41, 5.74) is 6.53. The summed E-state index contributed by atoms with van der Waals surface area (Å²) < 4.78 is 0. The number of carbonyl (C=O) groups is 1. The molecule has 0 unspecified atom stereocenters. The van der Waals surface area contributed by atoms with E-state index in [2.05, 4.69) is 11.1 Å². The molecule has 3 heteroatoms. The summed E-state index contributed by atoms with van der Waals surface area (Å²) in [6.45, 7) is 8.13. The van der Waals surface area contributed by atoms with Gasteiger partial charge in [0, 0.05) is 18.0 Å². The van der Waals surface area contributed by atoms with E-state index in [9.17, 15) is 9.90 Å². The molecule has 0 atom stereocenters. The zero-order valence-corrected chi connectivity index (χ0v) is 11.6. The lowest BCUT2D eigenvalue weighted by Crippen LogP contribution is -2.03. The van der Waals surface area contributed by atoms with Gasteiger partial charge in [0.05, 0.1) is 5.56 Å². The molecule has 0 amide bonds. The van der Waals surface area contributed by atoms with E-state index in [-0.39, 0.29) is 0 Å². The van der Waals surface area contributed by atoms with Crippen molar-refractivity contribution in [1.29, 1.82) is 0 Å². The van der Waals surface area contributed by atoms with E-state index in [1.165, 1.54) is 17.3 Å². The van der Waals surface area contributed by atoms with Crippen molar-refractivity contribution in [2.45, 2.75) is 27.7 Å². The molecule has 1 heterocycles. The lowest BCUT2D eigenvalue weighted by Gasteiger charge is -2.16. The highest BCUT2D eigenvalue weighted by atomic mass is 16.4. The summed E-state index contributed by atoms with van der Waals surface area (Å²) in [5, 5.41) is 9.32. The first-order valence-electron chi connectivity index (χ1n) is 6.18. The molecular formula is C16H17NO2. The second-order valence-corrected chi connectivity index (χ2v) is 4.86. The number of hydrogen-bond donors (Lipinski definition) is 1. The Bertz CT molecular complexity index is 634. The third-order valence-electron chi connectivity index (χ3n) is 3.69. The maximum Gasteiger partial charge on any atom is 0.336 e. The first-order chi connectivity index (χ1) is 8.93. The van der Waals surface area contributed by atoms with Crippen LogP contribution in [0.3, 0.4) is 0 Å². The van der Waals surface area contributed by atoms with Crippen molar-refractivity contribution in [1.82, 2.24) is 4.98 Å². The maximum absolute atomic E-state index is 11.4. The molecule has 2 aromatic rings. The topological polar surface area (TPSA) is 50.2 Å². The molecule has 0 aliphatic carbocycles. The molecular weight excluding hydrogens is 238 g/mol. The standard InChI is InChI=1S/C16H17NO2/c1-9-7-10(2)12(4)15(11(9)3)14-8-17-6-5-13(14)16(18)19/h5-8H,1-4H3,(H,18,19). The molecule has 3 nitrogen and oxygen atoms in total. The smallest absolute Gasteiger partial charge is 0.336 e. The van der Waals surface area contributed by atoms with Crippen LogP contribution in [0.1, 0.15) is 32.6 Å². The molecule has 0 radical (unpaired) electrons. The zero-order chi connectivity index (χ0) is 14.2. The maximum atomic E-state index is 11.4. The molecule has 0 saturated carbocycles. The largest absolute Gasteiger partial charge is 0.478 e. The van der Waals surface area contributed by atoms with Crippen LogP contribution in [0.5, 0.6) is 0 Å². The average molecular weight is 255 g/mol. The number of aryl methyl sites for hydroxylation is 2. The van der Waals surface area contributed by atoms with Gasteiger partial charge in [-0.25, -0.2) is 4.79 Å². The monoisotopic (exact) mass is 255 g/mol. The molecule has 0 spiro atoms. The van der Waals surface area contributed by atoms with Crippen molar-refractivity contribution in [3.05, 3.63) is 52.3 Å². The minimum atomic E-state index is -0.921. The van der Waals surface area contributed by atoms with Crippen LogP contribution >= 0.6 is 0 Å². The minimum absolute atomic E-state index is 0.297. The number of pyridine rings is 1. The van der Waals surface area contributed by atoms with Crippen molar-refractivity contribution in [2.75, 3.05) is 0 Å². The highest BCUT2D eigenvalue weighted by molar-refractivity contribution is 5.96. The van der Waals surface area contributed by atoms with E-state index in [0.29, 0.717) is 11.1 Å². The summed E-state index contributed by atoms with van der Waals surface area (Å²) >= 11 is 0. The molecule has 1 aromatic heterocycles. The molecule has 0 bridgehead atoms. The van der Waals surface area contributed by atoms with Gasteiger partial charge in [0.2, 0.25) is 0 Å². The number of carboxylic acid groups (broad SMARTS) is 1. The van der Waals surface area contributed by atoms with Crippen molar-refractivity contribution < 1.29 is 9.90 Å². The average Bonchev–Trinajstić information content (AvgIpc) is 2.37. The van der Waals surface area contributed by atoms with Crippen LogP contribution in [0.25, 0.3) is 11.1 Å². The van der Waals surface area contributed by atoms with Crippen molar-refractivity contribution >= 4 is 5.97 Å². The van der Waals surface area contributed by atoms with Gasteiger partial charge < -0.3 is 5.11 Å². The van der Waals surface area contributed by atoms with E-state index >= 15 is 0 Å². The van der Waals surface area contributed by atoms with Gasteiger partial charge in [-0.1, -0.05) is 6.07 Å². The highest BCUT2D eigenvalue weighted by Crippen LogP contribution is 2.33. The number of aromatic nitrogens is 1. The third-order valence-corrected chi connectivity index (χ3v) is 3.69. The first kappa shape index (κ1) is 13.3. The Kier molecular flexibility index (Phi) is 3.38. The molecule has 98 valence electrons. The second-order valence-electron chi connectivity index (χ2n) is 4.86. The van der Waals surface area contributed by atoms with Gasteiger partial charge in [-0.05, 0) is 61.6 Å². The quantitative estimate of drug-likeness (QED) is 0.890. The number of nitrogens with zero attached hydrogens (tertiary/aromatic N) is 1. The van der Waals surface area contributed by atoms with Crippen molar-refractivity contribution in [3.63, 3.8) is 0 Å². The van der Waals surface area contributed by atoms with Crippen molar-refractivity contribution in [2.24, 2.45) is 0 Å². The van der Waals surface area contributed by atoms with Crippen molar-refractivity contribution in [3.8, 4) is 11.1 Å². The Labute approximate surface area is 112 Å². The normalized spacial score (nSPS) is 10.5. The predicted molar refractivity (Wildman–Crippen MR) is 75.6 cm³/mol. The molecule has 1 N–H and O–H groups in total. The van der Waals surface area contributed by atoms with E-state index in [0.717, 1.165) is 16.7 Å². The Morgan fingerprint density at radius 3 is 2.21 bits per heavy atom. The van der Waals surface area contributed by atoms with Crippen LogP contribution in [0.15, 0.2) is 24.5 Å². The van der Waals surface area contributed by atoms with Crippen LogP contribution in [0, 0.1) is 27.7 Å². The summed E-state index contributed by atoms with van der Waals surface area (Å²) in [7, 11) is 0. The van der Waals surface area contributed by atoms with E-state index < -0.39 is 5.97 Å². The summed E-state index contributed by atoms with van der Waals surface area (Å²) in [4.78, 5) is 15.4. The third kappa shape index (κ3) is 2.24. The SMILES string of the molecule is Cc1cc(C)c(C)c(-c2cnccc2C(=O)O)c1C. The van der Waals surface area contributed by atoms with E-state index in [1.807, 2.05) is 27.7 Å². The molecule has 0 fully saturated rings. The highest BCUT2D eigenvalue weighted by Gasteiger charge is 2.17. The Hall–Kier alpha value is -2.16. The fraction of sp³-hybridized carbons (Fsp3) is 0.250. The number of hydrogen-bond acceptors (Lipinski definition) is 2. The van der Waals surface area contributed by atoms with Gasteiger partial charge >= 0.3 is 5.97 Å². The lowest BCUT2D eigenvalue weighted by molar-refractivity contribution is 0.0697. The second kappa shape index (κ2) is 4.84. The van der Waals surface area contributed by atoms with Gasteiger partial charge in [-0.2, -0.15) is 0 Å². The summed E-state index contributed by atoms with van der Waals surface area (Å²) in [5.74, 6) is -0.921. The molecule has 0 aliphatic rings.